The monoisotopic (exact) mass is 387 g/mol. The molecule has 1 heterocycles. The molecule has 10 heteroatoms. The molecule has 0 aliphatic rings. The average Bonchev–Trinajstić information content (AvgIpc) is 2.84. The van der Waals surface area contributed by atoms with Crippen LogP contribution in [0.1, 0.15) is 12.6 Å². The van der Waals surface area contributed by atoms with Gasteiger partial charge in [-0.1, -0.05) is 17.4 Å². The Hall–Kier alpha value is -2.04. The zero-order chi connectivity index (χ0) is 18.8. The van der Waals surface area contributed by atoms with Gasteiger partial charge in [-0.05, 0) is 31.5 Å². The molecule has 136 valence electrons. The summed E-state index contributed by atoms with van der Waals surface area (Å²) in [5.74, 6) is -0.836. The fourth-order valence-corrected chi connectivity index (χ4v) is 3.73. The number of carbonyl (C=O) groups excluding carboxylic acids is 1. The molecule has 1 aromatic heterocycles. The number of aliphatic hydroxyl groups is 1. The Morgan fingerprint density at radius 3 is 2.68 bits per heavy atom. The number of urea groups is 1. The fourth-order valence-electron chi connectivity index (χ4n) is 2.04. The van der Waals surface area contributed by atoms with Crippen molar-refractivity contribution in [3.8, 4) is 10.4 Å². The number of sulfone groups is 1. The number of nitrogens with zero attached hydrogens (tertiary/aromatic N) is 1. The zero-order valence-electron chi connectivity index (χ0n) is 13.8. The summed E-state index contributed by atoms with van der Waals surface area (Å²) in [4.78, 5) is 16.1. The lowest BCUT2D eigenvalue weighted by atomic mass is 10.1. The number of amides is 2. The van der Waals surface area contributed by atoms with Crippen molar-refractivity contribution in [3.05, 3.63) is 29.7 Å². The lowest BCUT2D eigenvalue weighted by Crippen LogP contribution is -2.34. The molecule has 0 saturated carbocycles. The quantitative estimate of drug-likeness (QED) is 0.729. The Morgan fingerprint density at radius 1 is 1.44 bits per heavy atom. The molecular formula is C15H18FN3O4S2. The molecule has 2 aromatic rings. The average molecular weight is 387 g/mol. The van der Waals surface area contributed by atoms with Crippen molar-refractivity contribution >= 4 is 32.3 Å². The van der Waals surface area contributed by atoms with E-state index in [0.29, 0.717) is 21.3 Å². The first kappa shape index (κ1) is 19.3. The van der Waals surface area contributed by atoms with E-state index in [1.807, 2.05) is 0 Å². The predicted octanol–water partition coefficient (Wildman–Crippen LogP) is 2.16. The Morgan fingerprint density at radius 2 is 2.12 bits per heavy atom. The van der Waals surface area contributed by atoms with Gasteiger partial charge in [-0.3, -0.25) is 5.32 Å². The van der Waals surface area contributed by atoms with E-state index < -0.39 is 27.8 Å². The first-order chi connectivity index (χ1) is 11.6. The predicted molar refractivity (Wildman–Crippen MR) is 94.1 cm³/mol. The van der Waals surface area contributed by atoms with Crippen LogP contribution in [0.4, 0.5) is 14.3 Å². The standard InChI is InChI=1S/C15H18FN3O4S2/c1-8(20)7-17-14(21)19-15-18-9(2)13(24-15)10-4-5-12(11(16)6-10)25(3,22)23/h4-6,8,20H,7H2,1-3H3,(H2,17,18,19,21)/t8-/m0/s1. The summed E-state index contributed by atoms with van der Waals surface area (Å²) in [7, 11) is -3.64. The van der Waals surface area contributed by atoms with Gasteiger partial charge in [0.15, 0.2) is 15.0 Å². The van der Waals surface area contributed by atoms with Crippen LogP contribution in [0.15, 0.2) is 23.1 Å². The molecule has 0 aliphatic heterocycles. The Balaban J connectivity index is 2.23. The van der Waals surface area contributed by atoms with E-state index in [0.717, 1.165) is 23.7 Å². The minimum Gasteiger partial charge on any atom is -0.392 e. The first-order valence-electron chi connectivity index (χ1n) is 7.28. The van der Waals surface area contributed by atoms with Crippen molar-refractivity contribution < 1.29 is 22.7 Å². The van der Waals surface area contributed by atoms with Crippen LogP contribution in [0.5, 0.6) is 0 Å². The number of thiazole rings is 1. The van der Waals surface area contributed by atoms with Gasteiger partial charge in [-0.15, -0.1) is 0 Å². The highest BCUT2D eigenvalue weighted by atomic mass is 32.2. The van der Waals surface area contributed by atoms with E-state index in [1.54, 1.807) is 13.8 Å². The van der Waals surface area contributed by atoms with Crippen LogP contribution in [0.3, 0.4) is 0 Å². The Kier molecular flexibility index (Phi) is 5.76. The normalized spacial score (nSPS) is 12.7. The maximum Gasteiger partial charge on any atom is 0.321 e. The van der Waals surface area contributed by atoms with Crippen molar-refractivity contribution in [2.45, 2.75) is 24.8 Å². The summed E-state index contributed by atoms with van der Waals surface area (Å²) in [5, 5.41) is 14.5. The SMILES string of the molecule is Cc1nc(NC(=O)NC[C@H](C)O)sc1-c1ccc(S(C)(=O)=O)c(F)c1. The molecule has 3 N–H and O–H groups in total. The summed E-state index contributed by atoms with van der Waals surface area (Å²) < 4.78 is 37.0. The number of rotatable bonds is 5. The van der Waals surface area contributed by atoms with Gasteiger partial charge >= 0.3 is 6.03 Å². The molecule has 7 nitrogen and oxygen atoms in total. The lowest BCUT2D eigenvalue weighted by molar-refractivity contribution is 0.190. The summed E-state index contributed by atoms with van der Waals surface area (Å²) >= 11 is 1.14. The highest BCUT2D eigenvalue weighted by Gasteiger charge is 2.17. The number of aromatic nitrogens is 1. The number of anilines is 1. The van der Waals surface area contributed by atoms with Gasteiger partial charge in [0.2, 0.25) is 0 Å². The third-order valence-electron chi connectivity index (χ3n) is 3.17. The lowest BCUT2D eigenvalue weighted by Gasteiger charge is -2.06. The van der Waals surface area contributed by atoms with Gasteiger partial charge in [0.1, 0.15) is 10.7 Å². The molecule has 0 radical (unpaired) electrons. The van der Waals surface area contributed by atoms with E-state index >= 15 is 0 Å². The van der Waals surface area contributed by atoms with Gasteiger partial charge in [0, 0.05) is 12.8 Å². The molecule has 0 spiro atoms. The number of hydrogen-bond donors (Lipinski definition) is 3. The van der Waals surface area contributed by atoms with Crippen molar-refractivity contribution in [3.63, 3.8) is 0 Å². The maximum atomic E-state index is 14.1. The third-order valence-corrected chi connectivity index (χ3v) is 5.42. The summed E-state index contributed by atoms with van der Waals surface area (Å²) in [6, 6.07) is 3.33. The van der Waals surface area contributed by atoms with Gasteiger partial charge in [-0.2, -0.15) is 0 Å². The first-order valence-corrected chi connectivity index (χ1v) is 9.99. The smallest absolute Gasteiger partial charge is 0.321 e. The molecule has 0 aliphatic carbocycles. The van der Waals surface area contributed by atoms with E-state index in [4.69, 9.17) is 5.11 Å². The van der Waals surface area contributed by atoms with E-state index in [2.05, 4.69) is 15.6 Å². The van der Waals surface area contributed by atoms with Gasteiger partial charge < -0.3 is 10.4 Å². The van der Waals surface area contributed by atoms with Gasteiger partial charge in [0.05, 0.1) is 16.7 Å². The third kappa shape index (κ3) is 4.97. The van der Waals surface area contributed by atoms with Crippen LogP contribution >= 0.6 is 11.3 Å². The molecular weight excluding hydrogens is 369 g/mol. The van der Waals surface area contributed by atoms with Crippen LogP contribution in [0.25, 0.3) is 10.4 Å². The minimum absolute atomic E-state index is 0.0984. The van der Waals surface area contributed by atoms with Crippen molar-refractivity contribution in [2.24, 2.45) is 0 Å². The van der Waals surface area contributed by atoms with Crippen LogP contribution in [-0.4, -0.2) is 43.4 Å². The van der Waals surface area contributed by atoms with E-state index in [-0.39, 0.29) is 11.4 Å². The molecule has 2 rings (SSSR count). The topological polar surface area (TPSA) is 108 Å². The largest absolute Gasteiger partial charge is 0.392 e. The zero-order valence-corrected chi connectivity index (χ0v) is 15.5. The second kappa shape index (κ2) is 7.46. The molecule has 0 bridgehead atoms. The number of hydrogen-bond acceptors (Lipinski definition) is 6. The molecule has 1 atom stereocenters. The van der Waals surface area contributed by atoms with Gasteiger partial charge in [-0.25, -0.2) is 22.6 Å². The van der Waals surface area contributed by atoms with Crippen molar-refractivity contribution in [1.29, 1.82) is 0 Å². The summed E-state index contributed by atoms with van der Waals surface area (Å²) in [5.41, 5.74) is 1.04. The number of carbonyl (C=O) groups is 1. The minimum atomic E-state index is -3.64. The van der Waals surface area contributed by atoms with Crippen molar-refractivity contribution in [1.82, 2.24) is 10.3 Å². The Bertz CT molecular complexity index is 894. The molecule has 0 unspecified atom stereocenters. The van der Waals surface area contributed by atoms with E-state index in [9.17, 15) is 17.6 Å². The highest BCUT2D eigenvalue weighted by Crippen LogP contribution is 2.34. The highest BCUT2D eigenvalue weighted by molar-refractivity contribution is 7.90. The number of aliphatic hydroxyl groups excluding tert-OH is 1. The van der Waals surface area contributed by atoms with Crippen molar-refractivity contribution in [2.75, 3.05) is 18.1 Å². The number of benzene rings is 1. The fraction of sp³-hybridized carbons (Fsp3) is 0.333. The maximum absolute atomic E-state index is 14.1. The summed E-state index contributed by atoms with van der Waals surface area (Å²) in [6.45, 7) is 3.34. The number of aryl methyl sites for hydroxylation is 1. The number of halogens is 1. The molecule has 25 heavy (non-hydrogen) atoms. The number of nitrogens with one attached hydrogen (secondary N) is 2. The van der Waals surface area contributed by atoms with Crippen LogP contribution in [-0.2, 0) is 9.84 Å². The second-order valence-corrected chi connectivity index (χ2v) is 8.52. The van der Waals surface area contributed by atoms with Crippen LogP contribution in [0, 0.1) is 12.7 Å². The van der Waals surface area contributed by atoms with Gasteiger partial charge in [0.25, 0.3) is 0 Å². The van der Waals surface area contributed by atoms with Crippen LogP contribution < -0.4 is 10.6 Å². The molecule has 0 fully saturated rings. The van der Waals surface area contributed by atoms with E-state index in [1.165, 1.54) is 12.1 Å². The second-order valence-electron chi connectivity index (χ2n) is 5.53. The van der Waals surface area contributed by atoms with Crippen LogP contribution in [0.2, 0.25) is 0 Å². The molecule has 2 amide bonds. The molecule has 1 aromatic carbocycles. The Labute approximate surface area is 148 Å². The summed E-state index contributed by atoms with van der Waals surface area (Å²) in [6.07, 6.45) is 0.271. The molecule has 0 saturated heterocycles.